The molecule has 0 heterocycles. The lowest BCUT2D eigenvalue weighted by molar-refractivity contribution is -0.385. The summed E-state index contributed by atoms with van der Waals surface area (Å²) in [6, 6.07) is 4.37. The topological polar surface area (TPSA) is 78.4 Å². The first-order valence-corrected chi connectivity index (χ1v) is 4.73. The Morgan fingerprint density at radius 3 is 2.87 bits per heavy atom. The van der Waals surface area contributed by atoms with Crippen LogP contribution in [0, 0.1) is 10.1 Å². The summed E-state index contributed by atoms with van der Waals surface area (Å²) < 4.78 is 5.13. The van der Waals surface area contributed by atoms with Crippen LogP contribution < -0.4 is 5.73 Å². The summed E-state index contributed by atoms with van der Waals surface area (Å²) in [4.78, 5) is 10.2. The predicted molar refractivity (Wildman–Crippen MR) is 56.8 cm³/mol. The van der Waals surface area contributed by atoms with E-state index in [4.69, 9.17) is 22.1 Å². The molecule has 0 bridgehead atoms. The van der Waals surface area contributed by atoms with Gasteiger partial charge in [0, 0.05) is 17.6 Å². The fourth-order valence-electron chi connectivity index (χ4n) is 1.11. The fourth-order valence-corrected chi connectivity index (χ4v) is 1.31. The van der Waals surface area contributed by atoms with Gasteiger partial charge in [-0.15, -0.1) is 0 Å². The number of hydrogen-bond donors (Lipinski definition) is 1. The Hall–Kier alpha value is -1.17. The Morgan fingerprint density at radius 1 is 1.53 bits per heavy atom. The van der Waals surface area contributed by atoms with Gasteiger partial charge in [-0.1, -0.05) is 11.6 Å². The number of ether oxygens (including phenoxy) is 1. The average molecular weight is 231 g/mol. The number of rotatable bonds is 5. The van der Waals surface area contributed by atoms with E-state index in [1.165, 1.54) is 18.2 Å². The van der Waals surface area contributed by atoms with Crippen LogP contribution in [0.2, 0.25) is 5.02 Å². The zero-order valence-electron chi connectivity index (χ0n) is 7.98. The van der Waals surface area contributed by atoms with Gasteiger partial charge >= 0.3 is 0 Å². The minimum atomic E-state index is -0.461. The predicted octanol–water partition coefficient (Wildman–Crippen LogP) is 1.72. The van der Waals surface area contributed by atoms with Gasteiger partial charge in [0.25, 0.3) is 5.69 Å². The van der Waals surface area contributed by atoms with Gasteiger partial charge in [-0.25, -0.2) is 0 Å². The average Bonchev–Trinajstić information content (AvgIpc) is 2.18. The number of hydrogen-bond acceptors (Lipinski definition) is 4. The van der Waals surface area contributed by atoms with Crippen molar-refractivity contribution in [1.29, 1.82) is 0 Å². The van der Waals surface area contributed by atoms with Crippen molar-refractivity contribution in [2.45, 2.75) is 6.61 Å². The molecule has 0 fully saturated rings. The molecule has 1 rings (SSSR count). The van der Waals surface area contributed by atoms with Crippen molar-refractivity contribution < 1.29 is 9.66 Å². The van der Waals surface area contributed by atoms with E-state index in [1.54, 1.807) is 0 Å². The van der Waals surface area contributed by atoms with Gasteiger partial charge in [-0.05, 0) is 12.1 Å². The van der Waals surface area contributed by atoms with E-state index < -0.39 is 4.92 Å². The Bertz CT molecular complexity index is 357. The summed E-state index contributed by atoms with van der Waals surface area (Å²) in [5.41, 5.74) is 5.71. The summed E-state index contributed by atoms with van der Waals surface area (Å²) in [6.07, 6.45) is 0. The normalized spacial score (nSPS) is 10.3. The van der Waals surface area contributed by atoms with E-state index in [0.29, 0.717) is 23.7 Å². The first-order valence-electron chi connectivity index (χ1n) is 4.35. The van der Waals surface area contributed by atoms with Crippen molar-refractivity contribution in [3.63, 3.8) is 0 Å². The number of nitro benzene ring substituents is 1. The second kappa shape index (κ2) is 5.65. The van der Waals surface area contributed by atoms with E-state index in [9.17, 15) is 10.1 Å². The molecule has 82 valence electrons. The van der Waals surface area contributed by atoms with Crippen molar-refractivity contribution in [2.75, 3.05) is 13.2 Å². The summed E-state index contributed by atoms with van der Waals surface area (Å²) >= 11 is 5.73. The van der Waals surface area contributed by atoms with Crippen LogP contribution in [-0.4, -0.2) is 18.1 Å². The second-order valence-corrected chi connectivity index (χ2v) is 3.31. The molecule has 0 saturated heterocycles. The lowest BCUT2D eigenvalue weighted by Crippen LogP contribution is -2.08. The maximum atomic E-state index is 10.6. The molecule has 5 nitrogen and oxygen atoms in total. The van der Waals surface area contributed by atoms with Crippen molar-refractivity contribution >= 4 is 17.3 Å². The molecule has 1 aromatic carbocycles. The molecule has 0 amide bonds. The van der Waals surface area contributed by atoms with Gasteiger partial charge in [-0.2, -0.15) is 0 Å². The van der Waals surface area contributed by atoms with Gasteiger partial charge in [0.2, 0.25) is 0 Å². The van der Waals surface area contributed by atoms with Crippen LogP contribution in [0.1, 0.15) is 5.56 Å². The first-order chi connectivity index (χ1) is 7.15. The Kier molecular flexibility index (Phi) is 4.48. The van der Waals surface area contributed by atoms with Crippen molar-refractivity contribution in [1.82, 2.24) is 0 Å². The third-order valence-corrected chi connectivity index (χ3v) is 1.99. The molecule has 0 aliphatic rings. The van der Waals surface area contributed by atoms with Crippen LogP contribution in [-0.2, 0) is 11.3 Å². The van der Waals surface area contributed by atoms with Crippen LogP contribution in [0.15, 0.2) is 18.2 Å². The number of benzene rings is 1. The lowest BCUT2D eigenvalue weighted by Gasteiger charge is -2.04. The number of nitro groups is 1. The van der Waals surface area contributed by atoms with Gasteiger partial charge in [0.05, 0.1) is 23.7 Å². The largest absolute Gasteiger partial charge is 0.375 e. The van der Waals surface area contributed by atoms with Gasteiger partial charge in [0.15, 0.2) is 0 Å². The van der Waals surface area contributed by atoms with E-state index >= 15 is 0 Å². The molecule has 0 aliphatic carbocycles. The number of nitrogens with two attached hydrogens (primary N) is 1. The highest BCUT2D eigenvalue weighted by Crippen LogP contribution is 2.23. The Balaban J connectivity index is 2.82. The van der Waals surface area contributed by atoms with Crippen molar-refractivity contribution in [2.24, 2.45) is 5.73 Å². The third kappa shape index (κ3) is 3.47. The number of halogens is 1. The molecular weight excluding hydrogens is 220 g/mol. The van der Waals surface area contributed by atoms with Crippen LogP contribution in [0.3, 0.4) is 0 Å². The van der Waals surface area contributed by atoms with Crippen molar-refractivity contribution in [3.8, 4) is 0 Å². The highest BCUT2D eigenvalue weighted by atomic mass is 35.5. The van der Waals surface area contributed by atoms with Crippen LogP contribution in [0.5, 0.6) is 0 Å². The monoisotopic (exact) mass is 230 g/mol. The standard InChI is InChI=1S/C9H11ClN2O3/c10-8-1-2-9(12(13)14)7(5-8)6-15-4-3-11/h1-2,5H,3-4,6,11H2. The second-order valence-electron chi connectivity index (χ2n) is 2.87. The van der Waals surface area contributed by atoms with E-state index in [2.05, 4.69) is 0 Å². The zero-order valence-corrected chi connectivity index (χ0v) is 8.74. The SMILES string of the molecule is NCCOCc1cc(Cl)ccc1[N+](=O)[O-]. The molecule has 0 spiro atoms. The van der Waals surface area contributed by atoms with E-state index in [0.717, 1.165) is 0 Å². The van der Waals surface area contributed by atoms with Crippen LogP contribution in [0.4, 0.5) is 5.69 Å². The molecule has 2 N–H and O–H groups in total. The van der Waals surface area contributed by atoms with Crippen molar-refractivity contribution in [3.05, 3.63) is 38.9 Å². The molecule has 0 saturated carbocycles. The van der Waals surface area contributed by atoms with E-state index in [1.807, 2.05) is 0 Å². The lowest BCUT2D eigenvalue weighted by atomic mass is 10.2. The minimum Gasteiger partial charge on any atom is -0.375 e. The summed E-state index contributed by atoms with van der Waals surface area (Å²) in [5.74, 6) is 0. The zero-order chi connectivity index (χ0) is 11.3. The molecule has 0 radical (unpaired) electrons. The molecule has 0 aromatic heterocycles. The van der Waals surface area contributed by atoms with Gasteiger partial charge in [-0.3, -0.25) is 10.1 Å². The Morgan fingerprint density at radius 2 is 2.27 bits per heavy atom. The smallest absolute Gasteiger partial charge is 0.275 e. The fraction of sp³-hybridized carbons (Fsp3) is 0.333. The van der Waals surface area contributed by atoms with Gasteiger partial charge in [0.1, 0.15) is 0 Å². The van der Waals surface area contributed by atoms with Crippen LogP contribution >= 0.6 is 11.6 Å². The maximum absolute atomic E-state index is 10.6. The van der Waals surface area contributed by atoms with Gasteiger partial charge < -0.3 is 10.5 Å². The summed E-state index contributed by atoms with van der Waals surface area (Å²) in [7, 11) is 0. The summed E-state index contributed by atoms with van der Waals surface area (Å²) in [6.45, 7) is 0.895. The molecule has 1 aromatic rings. The number of nitrogens with zero attached hydrogens (tertiary/aromatic N) is 1. The minimum absolute atomic E-state index is 0.0106. The molecule has 6 heteroatoms. The molecule has 0 aliphatic heterocycles. The first kappa shape index (κ1) is 11.9. The quantitative estimate of drug-likeness (QED) is 0.475. The molecular formula is C9H11ClN2O3. The highest BCUT2D eigenvalue weighted by Gasteiger charge is 2.13. The maximum Gasteiger partial charge on any atom is 0.275 e. The van der Waals surface area contributed by atoms with Crippen LogP contribution in [0.25, 0.3) is 0 Å². The highest BCUT2D eigenvalue weighted by molar-refractivity contribution is 6.30. The molecule has 15 heavy (non-hydrogen) atoms. The molecule has 0 atom stereocenters. The Labute approximate surface area is 91.9 Å². The third-order valence-electron chi connectivity index (χ3n) is 1.76. The molecule has 0 unspecified atom stereocenters. The van der Waals surface area contributed by atoms with E-state index in [-0.39, 0.29) is 12.3 Å². The summed E-state index contributed by atoms with van der Waals surface area (Å²) in [5, 5.41) is 11.1.